The Morgan fingerprint density at radius 1 is 1.47 bits per heavy atom. The van der Waals surface area contributed by atoms with Gasteiger partial charge in [0, 0.05) is 18.2 Å². The van der Waals surface area contributed by atoms with Crippen molar-refractivity contribution in [3.63, 3.8) is 0 Å². The molecule has 0 heterocycles. The van der Waals surface area contributed by atoms with E-state index in [2.05, 4.69) is 10.6 Å². The van der Waals surface area contributed by atoms with Crippen LogP contribution in [0.3, 0.4) is 0 Å². The minimum Gasteiger partial charge on any atom is -0.483 e. The van der Waals surface area contributed by atoms with Crippen LogP contribution in [0, 0.1) is 5.82 Å². The average molecular weight is 268 g/mol. The lowest BCUT2D eigenvalue weighted by Crippen LogP contribution is -2.29. The summed E-state index contributed by atoms with van der Waals surface area (Å²) in [6.07, 6.45) is 0.879. The molecule has 4 nitrogen and oxygen atoms in total. The average Bonchev–Trinajstić information content (AvgIpc) is 2.42. The number of amides is 1. The molecule has 2 N–H and O–H groups in total. The Kier molecular flexibility index (Phi) is 6.29. The molecule has 0 aliphatic carbocycles. The van der Waals surface area contributed by atoms with Crippen molar-refractivity contribution in [2.24, 2.45) is 0 Å². The monoisotopic (exact) mass is 268 g/mol. The van der Waals surface area contributed by atoms with Gasteiger partial charge in [-0.1, -0.05) is 6.92 Å². The van der Waals surface area contributed by atoms with Crippen LogP contribution in [-0.2, 0) is 4.79 Å². The van der Waals surface area contributed by atoms with Gasteiger partial charge in [-0.2, -0.15) is 0 Å². The molecular weight excluding hydrogens is 247 g/mol. The van der Waals surface area contributed by atoms with Gasteiger partial charge in [-0.3, -0.25) is 4.79 Å². The Balaban J connectivity index is 2.69. The maximum absolute atomic E-state index is 13.2. The Morgan fingerprint density at radius 2 is 2.21 bits per heavy atom. The highest BCUT2D eigenvalue weighted by Gasteiger charge is 2.12. The quantitative estimate of drug-likeness (QED) is 0.795. The first-order valence-corrected chi connectivity index (χ1v) is 6.44. The van der Waals surface area contributed by atoms with E-state index in [1.54, 1.807) is 13.1 Å². The molecule has 0 fully saturated rings. The maximum Gasteiger partial charge on any atom is 0.257 e. The van der Waals surface area contributed by atoms with Crippen LogP contribution >= 0.6 is 0 Å². The lowest BCUT2D eigenvalue weighted by molar-refractivity contribution is -0.123. The summed E-state index contributed by atoms with van der Waals surface area (Å²) in [5, 5.41) is 5.75. The van der Waals surface area contributed by atoms with E-state index in [9.17, 15) is 9.18 Å². The number of carbonyl (C=O) groups excluding carboxylic acids is 1. The SMILES string of the molecule is CCCNC(=O)COc1ccc(F)cc1C(C)NC. The zero-order chi connectivity index (χ0) is 14.3. The number of benzene rings is 1. The number of hydrogen-bond donors (Lipinski definition) is 2. The first kappa shape index (κ1) is 15.4. The standard InChI is InChI=1S/C14H21FN2O2/c1-4-7-17-14(18)9-19-13-6-5-11(15)8-12(13)10(2)16-3/h5-6,8,10,16H,4,7,9H2,1-3H3,(H,17,18). The Hall–Kier alpha value is -1.62. The highest BCUT2D eigenvalue weighted by Crippen LogP contribution is 2.25. The van der Waals surface area contributed by atoms with Crippen molar-refractivity contribution in [2.75, 3.05) is 20.2 Å². The fourth-order valence-electron chi connectivity index (χ4n) is 1.60. The molecule has 0 aromatic heterocycles. The molecule has 0 spiro atoms. The van der Waals surface area contributed by atoms with Crippen LogP contribution in [0.1, 0.15) is 31.9 Å². The molecule has 1 unspecified atom stereocenters. The minimum absolute atomic E-state index is 0.0515. The molecule has 1 amide bonds. The van der Waals surface area contributed by atoms with Gasteiger partial charge in [-0.25, -0.2) is 4.39 Å². The van der Waals surface area contributed by atoms with Crippen LogP contribution in [0.2, 0.25) is 0 Å². The van der Waals surface area contributed by atoms with Crippen molar-refractivity contribution in [3.8, 4) is 5.75 Å². The van der Waals surface area contributed by atoms with Gasteiger partial charge in [-0.15, -0.1) is 0 Å². The van der Waals surface area contributed by atoms with Crippen LogP contribution in [0.5, 0.6) is 5.75 Å². The number of rotatable bonds is 7. The van der Waals surface area contributed by atoms with Gasteiger partial charge >= 0.3 is 0 Å². The van der Waals surface area contributed by atoms with Crippen molar-refractivity contribution < 1.29 is 13.9 Å². The summed E-state index contributed by atoms with van der Waals surface area (Å²) in [4.78, 5) is 11.5. The highest BCUT2D eigenvalue weighted by atomic mass is 19.1. The van der Waals surface area contributed by atoms with Gasteiger partial charge in [-0.05, 0) is 38.6 Å². The van der Waals surface area contributed by atoms with E-state index in [0.717, 1.165) is 6.42 Å². The third-order valence-corrected chi connectivity index (χ3v) is 2.80. The van der Waals surface area contributed by atoms with E-state index in [1.165, 1.54) is 12.1 Å². The lowest BCUT2D eigenvalue weighted by Gasteiger charge is -2.16. The van der Waals surface area contributed by atoms with E-state index >= 15 is 0 Å². The van der Waals surface area contributed by atoms with Crippen LogP contribution in [0.15, 0.2) is 18.2 Å². The van der Waals surface area contributed by atoms with Crippen molar-refractivity contribution in [1.82, 2.24) is 10.6 Å². The lowest BCUT2D eigenvalue weighted by atomic mass is 10.1. The normalized spacial score (nSPS) is 12.0. The number of nitrogens with one attached hydrogen (secondary N) is 2. The molecule has 0 radical (unpaired) electrons. The molecule has 19 heavy (non-hydrogen) atoms. The van der Waals surface area contributed by atoms with E-state index in [0.29, 0.717) is 17.9 Å². The topological polar surface area (TPSA) is 50.4 Å². The molecular formula is C14H21FN2O2. The Labute approximate surface area is 113 Å². The van der Waals surface area contributed by atoms with Gasteiger partial charge in [0.05, 0.1) is 0 Å². The second kappa shape index (κ2) is 7.74. The summed E-state index contributed by atoms with van der Waals surface area (Å²) in [6, 6.07) is 4.24. The third kappa shape index (κ3) is 4.87. The largest absolute Gasteiger partial charge is 0.483 e. The van der Waals surface area contributed by atoms with Crippen LogP contribution in [0.4, 0.5) is 4.39 Å². The van der Waals surface area contributed by atoms with Gasteiger partial charge in [0.15, 0.2) is 6.61 Å². The zero-order valence-corrected chi connectivity index (χ0v) is 11.6. The van der Waals surface area contributed by atoms with Gasteiger partial charge in [0.1, 0.15) is 11.6 Å². The Morgan fingerprint density at radius 3 is 2.84 bits per heavy atom. The molecule has 1 aromatic rings. The van der Waals surface area contributed by atoms with Crippen molar-refractivity contribution in [3.05, 3.63) is 29.6 Å². The molecule has 0 aliphatic rings. The number of carbonyl (C=O) groups is 1. The van der Waals surface area contributed by atoms with Crippen molar-refractivity contribution in [2.45, 2.75) is 26.3 Å². The molecule has 0 saturated carbocycles. The van der Waals surface area contributed by atoms with E-state index in [1.807, 2.05) is 13.8 Å². The van der Waals surface area contributed by atoms with Crippen molar-refractivity contribution in [1.29, 1.82) is 0 Å². The second-order valence-corrected chi connectivity index (χ2v) is 4.33. The predicted octanol–water partition coefficient (Wildman–Crippen LogP) is 2.01. The molecule has 0 bridgehead atoms. The smallest absolute Gasteiger partial charge is 0.257 e. The summed E-state index contributed by atoms with van der Waals surface area (Å²) in [6.45, 7) is 4.45. The van der Waals surface area contributed by atoms with Gasteiger partial charge in [0.25, 0.3) is 5.91 Å². The van der Waals surface area contributed by atoms with Crippen LogP contribution < -0.4 is 15.4 Å². The predicted molar refractivity (Wildman–Crippen MR) is 72.7 cm³/mol. The van der Waals surface area contributed by atoms with Crippen molar-refractivity contribution >= 4 is 5.91 Å². The summed E-state index contributed by atoms with van der Waals surface area (Å²) in [7, 11) is 1.79. The summed E-state index contributed by atoms with van der Waals surface area (Å²) in [5.74, 6) is 0.0315. The highest BCUT2D eigenvalue weighted by molar-refractivity contribution is 5.77. The van der Waals surface area contributed by atoms with Gasteiger partial charge in [0.2, 0.25) is 0 Å². The molecule has 106 valence electrons. The van der Waals surface area contributed by atoms with Gasteiger partial charge < -0.3 is 15.4 Å². The number of ether oxygens (including phenoxy) is 1. The maximum atomic E-state index is 13.2. The fourth-order valence-corrected chi connectivity index (χ4v) is 1.60. The summed E-state index contributed by atoms with van der Waals surface area (Å²) in [5.41, 5.74) is 0.700. The third-order valence-electron chi connectivity index (χ3n) is 2.80. The first-order chi connectivity index (χ1) is 9.08. The Bertz CT molecular complexity index is 424. The molecule has 1 rings (SSSR count). The minimum atomic E-state index is -0.320. The first-order valence-electron chi connectivity index (χ1n) is 6.44. The molecule has 1 aromatic carbocycles. The number of hydrogen-bond acceptors (Lipinski definition) is 3. The zero-order valence-electron chi connectivity index (χ0n) is 11.6. The van der Waals surface area contributed by atoms with Crippen LogP contribution in [0.25, 0.3) is 0 Å². The van der Waals surface area contributed by atoms with E-state index in [4.69, 9.17) is 4.74 Å². The fraction of sp³-hybridized carbons (Fsp3) is 0.500. The summed E-state index contributed by atoms with van der Waals surface area (Å²) < 4.78 is 18.7. The second-order valence-electron chi connectivity index (χ2n) is 4.33. The molecule has 0 aliphatic heterocycles. The van der Waals surface area contributed by atoms with Crippen LogP contribution in [-0.4, -0.2) is 26.1 Å². The molecule has 1 atom stereocenters. The summed E-state index contributed by atoms with van der Waals surface area (Å²) >= 11 is 0. The number of halogens is 1. The van der Waals surface area contributed by atoms with E-state index in [-0.39, 0.29) is 24.4 Å². The molecule has 0 saturated heterocycles. The van der Waals surface area contributed by atoms with E-state index < -0.39 is 0 Å². The molecule has 5 heteroatoms.